The van der Waals surface area contributed by atoms with Gasteiger partial charge in [0, 0.05) is 0 Å². The van der Waals surface area contributed by atoms with E-state index in [1.165, 1.54) is 7.11 Å². The van der Waals surface area contributed by atoms with Crippen LogP contribution >= 0.6 is 0 Å². The number of carbonyl (C=O) groups is 1. The molecule has 0 saturated heterocycles. The van der Waals surface area contributed by atoms with Crippen LogP contribution in [-0.4, -0.2) is 24.1 Å². The fourth-order valence-corrected chi connectivity index (χ4v) is 1.56. The summed E-state index contributed by atoms with van der Waals surface area (Å²) in [5.41, 5.74) is 0.452. The Bertz CT molecular complexity index is 347. The molecule has 1 atom stereocenters. The van der Waals surface area contributed by atoms with E-state index in [2.05, 4.69) is 0 Å². The Balaban J connectivity index is 2.79. The summed E-state index contributed by atoms with van der Waals surface area (Å²) >= 11 is 0. The molecule has 0 radical (unpaired) electrons. The molecule has 0 aliphatic heterocycles. The minimum atomic E-state index is -0.920. The number of hydrogen-bond donors (Lipinski definition) is 1. The van der Waals surface area contributed by atoms with Gasteiger partial charge >= 0.3 is 0 Å². The normalized spacial score (nSPS) is 12.2. The van der Waals surface area contributed by atoms with Crippen molar-refractivity contribution in [3.63, 3.8) is 0 Å². The predicted octanol–water partition coefficient (Wildman–Crippen LogP) is 2.43. The van der Waals surface area contributed by atoms with E-state index < -0.39 is 6.10 Å². The van der Waals surface area contributed by atoms with Gasteiger partial charge in [0.15, 0.2) is 5.78 Å². The molecule has 0 amide bonds. The quantitative estimate of drug-likeness (QED) is 0.752. The maximum atomic E-state index is 11.9. The number of aliphatic hydroxyl groups is 1. The van der Waals surface area contributed by atoms with E-state index in [1.807, 2.05) is 6.92 Å². The zero-order valence-electron chi connectivity index (χ0n) is 9.77. The van der Waals surface area contributed by atoms with Gasteiger partial charge in [-0.05, 0) is 18.6 Å². The lowest BCUT2D eigenvalue weighted by molar-refractivity contribution is 0.0723. The number of ketones is 1. The van der Waals surface area contributed by atoms with Gasteiger partial charge in [0.05, 0.1) is 12.7 Å². The topological polar surface area (TPSA) is 46.5 Å². The molecule has 1 aromatic carbocycles. The van der Waals surface area contributed by atoms with Gasteiger partial charge in [0.25, 0.3) is 0 Å². The molecule has 1 unspecified atom stereocenters. The molecule has 1 N–H and O–H groups in total. The third kappa shape index (κ3) is 3.07. The molecule has 3 nitrogen and oxygen atoms in total. The molecule has 0 aromatic heterocycles. The van der Waals surface area contributed by atoms with Crippen molar-refractivity contribution in [3.05, 3.63) is 29.8 Å². The maximum absolute atomic E-state index is 11.9. The van der Waals surface area contributed by atoms with E-state index in [0.717, 1.165) is 12.8 Å². The number of aliphatic hydroxyl groups excluding tert-OH is 1. The van der Waals surface area contributed by atoms with Crippen LogP contribution in [0.15, 0.2) is 24.3 Å². The van der Waals surface area contributed by atoms with Crippen LogP contribution in [0.3, 0.4) is 0 Å². The van der Waals surface area contributed by atoms with Crippen molar-refractivity contribution >= 4 is 5.78 Å². The molecule has 0 aliphatic rings. The average Bonchev–Trinajstić information content (AvgIpc) is 2.34. The van der Waals surface area contributed by atoms with Crippen molar-refractivity contribution in [1.82, 2.24) is 0 Å². The number of hydrogen-bond acceptors (Lipinski definition) is 3. The highest BCUT2D eigenvalue weighted by Gasteiger charge is 2.19. The first-order valence-electron chi connectivity index (χ1n) is 5.56. The maximum Gasteiger partial charge on any atom is 0.194 e. The van der Waals surface area contributed by atoms with Crippen molar-refractivity contribution in [2.75, 3.05) is 7.11 Å². The number of benzene rings is 1. The zero-order valence-corrected chi connectivity index (χ0v) is 9.77. The Morgan fingerprint density at radius 1 is 1.44 bits per heavy atom. The van der Waals surface area contributed by atoms with Crippen molar-refractivity contribution in [3.8, 4) is 5.75 Å². The van der Waals surface area contributed by atoms with Gasteiger partial charge in [0.1, 0.15) is 11.9 Å². The molecule has 88 valence electrons. The SMILES string of the molecule is CCCCC(O)C(=O)c1ccccc1OC. The molecular weight excluding hydrogens is 204 g/mol. The van der Waals surface area contributed by atoms with Crippen molar-refractivity contribution in [2.45, 2.75) is 32.3 Å². The highest BCUT2D eigenvalue weighted by Crippen LogP contribution is 2.20. The minimum absolute atomic E-state index is 0.258. The Hall–Kier alpha value is -1.35. The predicted molar refractivity (Wildman–Crippen MR) is 62.9 cm³/mol. The Morgan fingerprint density at radius 3 is 2.75 bits per heavy atom. The van der Waals surface area contributed by atoms with Crippen molar-refractivity contribution < 1.29 is 14.6 Å². The lowest BCUT2D eigenvalue weighted by atomic mass is 10.0. The molecule has 0 heterocycles. The number of ether oxygens (including phenoxy) is 1. The second-order valence-electron chi connectivity index (χ2n) is 3.72. The summed E-state index contributed by atoms with van der Waals surface area (Å²) in [5.74, 6) is 0.258. The lowest BCUT2D eigenvalue weighted by Crippen LogP contribution is -2.20. The third-order valence-electron chi connectivity index (χ3n) is 2.51. The van der Waals surface area contributed by atoms with Crippen molar-refractivity contribution in [2.24, 2.45) is 0 Å². The fraction of sp³-hybridized carbons (Fsp3) is 0.462. The third-order valence-corrected chi connectivity index (χ3v) is 2.51. The lowest BCUT2D eigenvalue weighted by Gasteiger charge is -2.11. The highest BCUT2D eigenvalue weighted by atomic mass is 16.5. The van der Waals surface area contributed by atoms with Crippen LogP contribution in [0.1, 0.15) is 36.5 Å². The summed E-state index contributed by atoms with van der Waals surface area (Å²) in [6.45, 7) is 2.03. The van der Waals surface area contributed by atoms with Crippen LogP contribution in [0.2, 0.25) is 0 Å². The van der Waals surface area contributed by atoms with E-state index in [-0.39, 0.29) is 5.78 Å². The average molecular weight is 222 g/mol. The Labute approximate surface area is 96.1 Å². The van der Waals surface area contributed by atoms with E-state index in [4.69, 9.17) is 4.74 Å². The second kappa shape index (κ2) is 6.28. The van der Waals surface area contributed by atoms with Crippen LogP contribution in [0.25, 0.3) is 0 Å². The molecule has 0 aliphatic carbocycles. The number of methoxy groups -OCH3 is 1. The molecule has 0 saturated carbocycles. The molecule has 0 fully saturated rings. The molecule has 1 rings (SSSR count). The van der Waals surface area contributed by atoms with Gasteiger partial charge in [-0.1, -0.05) is 31.9 Å². The molecule has 16 heavy (non-hydrogen) atoms. The Kier molecular flexibility index (Phi) is 4.99. The molecule has 1 aromatic rings. The van der Waals surface area contributed by atoms with Gasteiger partial charge < -0.3 is 9.84 Å². The highest BCUT2D eigenvalue weighted by molar-refractivity contribution is 6.01. The van der Waals surface area contributed by atoms with Crippen molar-refractivity contribution in [1.29, 1.82) is 0 Å². The first-order valence-corrected chi connectivity index (χ1v) is 5.56. The smallest absolute Gasteiger partial charge is 0.194 e. The second-order valence-corrected chi connectivity index (χ2v) is 3.72. The first kappa shape index (κ1) is 12.7. The summed E-state index contributed by atoms with van der Waals surface area (Å²) in [7, 11) is 1.52. The number of carbonyl (C=O) groups excluding carboxylic acids is 1. The number of Topliss-reactive ketones (excluding diaryl/α,β-unsaturated/α-hetero) is 1. The summed E-state index contributed by atoms with van der Waals surface area (Å²) < 4.78 is 5.09. The van der Waals surface area contributed by atoms with Gasteiger partial charge in [-0.2, -0.15) is 0 Å². The molecule has 3 heteroatoms. The van der Waals surface area contributed by atoms with Gasteiger partial charge in [0.2, 0.25) is 0 Å². The van der Waals surface area contributed by atoms with E-state index in [1.54, 1.807) is 24.3 Å². The zero-order chi connectivity index (χ0) is 12.0. The fourth-order valence-electron chi connectivity index (χ4n) is 1.56. The monoisotopic (exact) mass is 222 g/mol. The number of rotatable bonds is 6. The van der Waals surface area contributed by atoms with Crippen LogP contribution in [0.5, 0.6) is 5.75 Å². The minimum Gasteiger partial charge on any atom is -0.496 e. The summed E-state index contributed by atoms with van der Waals surface area (Å²) in [6.07, 6.45) is 1.40. The van der Waals surface area contributed by atoms with Crippen LogP contribution in [0, 0.1) is 0 Å². The molecule has 0 spiro atoms. The molecular formula is C13H18O3. The van der Waals surface area contributed by atoms with E-state index in [0.29, 0.717) is 17.7 Å². The summed E-state index contributed by atoms with van der Waals surface area (Å²) in [5, 5.41) is 9.72. The summed E-state index contributed by atoms with van der Waals surface area (Å²) in [4.78, 5) is 11.9. The molecule has 0 bridgehead atoms. The van der Waals surface area contributed by atoms with Gasteiger partial charge in [-0.25, -0.2) is 0 Å². The van der Waals surface area contributed by atoms with Crippen LogP contribution < -0.4 is 4.74 Å². The van der Waals surface area contributed by atoms with Crippen LogP contribution in [-0.2, 0) is 0 Å². The van der Waals surface area contributed by atoms with Gasteiger partial charge in [-0.15, -0.1) is 0 Å². The van der Waals surface area contributed by atoms with E-state index in [9.17, 15) is 9.90 Å². The van der Waals surface area contributed by atoms with Crippen LogP contribution in [0.4, 0.5) is 0 Å². The number of para-hydroxylation sites is 1. The summed E-state index contributed by atoms with van der Waals surface area (Å²) in [6, 6.07) is 6.96. The van der Waals surface area contributed by atoms with E-state index >= 15 is 0 Å². The van der Waals surface area contributed by atoms with Gasteiger partial charge in [-0.3, -0.25) is 4.79 Å². The number of unbranched alkanes of at least 4 members (excludes halogenated alkanes) is 1. The Morgan fingerprint density at radius 2 is 2.12 bits per heavy atom. The first-order chi connectivity index (χ1) is 7.70. The largest absolute Gasteiger partial charge is 0.496 e. The standard InChI is InChI=1S/C13H18O3/c1-3-4-8-11(14)13(15)10-7-5-6-9-12(10)16-2/h5-7,9,11,14H,3-4,8H2,1-2H3.